The molecule has 1 aliphatic rings. The van der Waals surface area contributed by atoms with Gasteiger partial charge < -0.3 is 9.84 Å². The number of hydrogen-bond donors (Lipinski definition) is 1. The van der Waals surface area contributed by atoms with E-state index in [4.69, 9.17) is 4.74 Å². The molecule has 1 N–H and O–H groups in total. The maximum atomic E-state index is 10.3. The molecular weight excluding hydrogens is 344 g/mol. The van der Waals surface area contributed by atoms with Crippen LogP contribution in [0.25, 0.3) is 0 Å². The van der Waals surface area contributed by atoms with Crippen LogP contribution in [0.4, 0.5) is 0 Å². The van der Waals surface area contributed by atoms with Gasteiger partial charge in [-0.25, -0.2) is 0 Å². The van der Waals surface area contributed by atoms with Gasteiger partial charge in [0, 0.05) is 5.56 Å². The Labute approximate surface area is 174 Å². The first-order valence-corrected chi connectivity index (χ1v) is 12.0. The maximum Gasteiger partial charge on any atom is 0.126 e. The minimum absolute atomic E-state index is 0.359. The summed E-state index contributed by atoms with van der Waals surface area (Å²) in [4.78, 5) is 0. The van der Waals surface area contributed by atoms with E-state index >= 15 is 0 Å². The van der Waals surface area contributed by atoms with Crippen LogP contribution in [0.2, 0.25) is 0 Å². The van der Waals surface area contributed by atoms with Crippen molar-refractivity contribution >= 4 is 0 Å². The molecule has 2 nitrogen and oxygen atoms in total. The first-order valence-electron chi connectivity index (χ1n) is 12.0. The van der Waals surface area contributed by atoms with Crippen molar-refractivity contribution in [3.05, 3.63) is 22.3 Å². The number of phenols is 1. The maximum absolute atomic E-state index is 10.3. The minimum Gasteiger partial charge on any atom is -0.507 e. The van der Waals surface area contributed by atoms with E-state index in [1.165, 1.54) is 89.0 Å². The summed E-state index contributed by atoms with van der Waals surface area (Å²) in [7, 11) is 0. The second-order valence-electron chi connectivity index (χ2n) is 8.99. The molecule has 28 heavy (non-hydrogen) atoms. The van der Waals surface area contributed by atoms with Gasteiger partial charge in [-0.05, 0) is 63.1 Å². The van der Waals surface area contributed by atoms with Gasteiger partial charge in [0.25, 0.3) is 0 Å². The third kappa shape index (κ3) is 6.71. The number of phenolic OH excluding ortho intramolecular Hbond substituents is 1. The van der Waals surface area contributed by atoms with E-state index in [-0.39, 0.29) is 0 Å². The molecule has 2 rings (SSSR count). The zero-order valence-corrected chi connectivity index (χ0v) is 19.0. The van der Waals surface area contributed by atoms with Crippen molar-refractivity contribution in [3.8, 4) is 11.5 Å². The smallest absolute Gasteiger partial charge is 0.126 e. The molecule has 1 aromatic carbocycles. The number of hydrogen-bond acceptors (Lipinski definition) is 2. The van der Waals surface area contributed by atoms with E-state index in [0.717, 1.165) is 35.3 Å². The Morgan fingerprint density at radius 2 is 1.29 bits per heavy atom. The van der Waals surface area contributed by atoms with Crippen LogP contribution >= 0.6 is 0 Å². The van der Waals surface area contributed by atoms with Gasteiger partial charge in [0.2, 0.25) is 0 Å². The van der Waals surface area contributed by atoms with E-state index in [2.05, 4.69) is 13.8 Å². The van der Waals surface area contributed by atoms with Gasteiger partial charge in [-0.1, -0.05) is 77.6 Å². The number of rotatable bonds is 13. The van der Waals surface area contributed by atoms with E-state index in [1.807, 2.05) is 13.8 Å². The zero-order chi connectivity index (χ0) is 20.4. The normalized spacial score (nSPS) is 16.1. The largest absolute Gasteiger partial charge is 0.507 e. The SMILES string of the molecule is CCCCCCCCCCCCCCC1CCc2c(C)c(O)c(C)c(C)c2O1. The number of aromatic hydroxyl groups is 1. The monoisotopic (exact) mass is 388 g/mol. The lowest BCUT2D eigenvalue weighted by atomic mass is 9.90. The first-order chi connectivity index (χ1) is 13.6. The lowest BCUT2D eigenvalue weighted by Gasteiger charge is -2.30. The van der Waals surface area contributed by atoms with Crippen molar-refractivity contribution in [3.63, 3.8) is 0 Å². The Bertz CT molecular complexity index is 591. The average Bonchev–Trinajstić information content (AvgIpc) is 2.71. The van der Waals surface area contributed by atoms with E-state index in [0.29, 0.717) is 11.9 Å². The summed E-state index contributed by atoms with van der Waals surface area (Å²) in [6.07, 6.45) is 20.4. The summed E-state index contributed by atoms with van der Waals surface area (Å²) >= 11 is 0. The first kappa shape index (κ1) is 23.1. The third-order valence-electron chi connectivity index (χ3n) is 6.72. The molecule has 0 aliphatic carbocycles. The van der Waals surface area contributed by atoms with E-state index < -0.39 is 0 Å². The second kappa shape index (κ2) is 12.4. The van der Waals surface area contributed by atoms with Gasteiger partial charge in [-0.3, -0.25) is 0 Å². The van der Waals surface area contributed by atoms with Crippen molar-refractivity contribution in [2.75, 3.05) is 0 Å². The molecule has 1 unspecified atom stereocenters. The molecule has 1 aromatic rings. The lowest BCUT2D eigenvalue weighted by molar-refractivity contribution is 0.158. The highest BCUT2D eigenvalue weighted by molar-refractivity contribution is 5.58. The van der Waals surface area contributed by atoms with Crippen molar-refractivity contribution in [1.82, 2.24) is 0 Å². The molecule has 0 bridgehead atoms. The van der Waals surface area contributed by atoms with Gasteiger partial charge in [-0.2, -0.15) is 0 Å². The summed E-state index contributed by atoms with van der Waals surface area (Å²) in [5, 5.41) is 10.3. The Balaban J connectivity index is 1.57. The van der Waals surface area contributed by atoms with Gasteiger partial charge in [0.05, 0.1) is 6.10 Å². The standard InChI is InChI=1S/C26H44O2/c1-5-6-7-8-9-10-11-12-13-14-15-16-17-23-18-19-24-22(4)25(27)20(2)21(3)26(24)28-23/h23,27H,5-19H2,1-4H3. The summed E-state index contributed by atoms with van der Waals surface area (Å²) in [6.45, 7) is 8.39. The quantitative estimate of drug-likeness (QED) is 0.346. The molecule has 0 spiro atoms. The fraction of sp³-hybridized carbons (Fsp3) is 0.769. The Hall–Kier alpha value is -1.18. The Kier molecular flexibility index (Phi) is 10.2. The lowest BCUT2D eigenvalue weighted by Crippen LogP contribution is -2.24. The summed E-state index contributed by atoms with van der Waals surface area (Å²) in [6, 6.07) is 0. The fourth-order valence-corrected chi connectivity index (χ4v) is 4.58. The van der Waals surface area contributed by atoms with Crippen molar-refractivity contribution < 1.29 is 9.84 Å². The molecule has 0 radical (unpaired) electrons. The van der Waals surface area contributed by atoms with Crippen LogP contribution in [0.1, 0.15) is 119 Å². The van der Waals surface area contributed by atoms with Crippen LogP contribution in [0.5, 0.6) is 11.5 Å². The Morgan fingerprint density at radius 1 is 0.750 bits per heavy atom. The molecule has 2 heteroatoms. The number of fused-ring (bicyclic) bond motifs is 1. The molecule has 0 amide bonds. The highest BCUT2D eigenvalue weighted by atomic mass is 16.5. The molecule has 1 atom stereocenters. The van der Waals surface area contributed by atoms with Gasteiger partial charge >= 0.3 is 0 Å². The van der Waals surface area contributed by atoms with Crippen molar-refractivity contribution in [2.45, 2.75) is 130 Å². The number of benzene rings is 1. The van der Waals surface area contributed by atoms with Crippen LogP contribution in [-0.2, 0) is 6.42 Å². The topological polar surface area (TPSA) is 29.5 Å². The molecule has 160 valence electrons. The summed E-state index contributed by atoms with van der Waals surface area (Å²) in [5.41, 5.74) is 4.34. The van der Waals surface area contributed by atoms with Crippen LogP contribution in [0.15, 0.2) is 0 Å². The molecular formula is C26H44O2. The van der Waals surface area contributed by atoms with Crippen LogP contribution < -0.4 is 4.74 Å². The van der Waals surface area contributed by atoms with E-state index in [1.54, 1.807) is 0 Å². The Morgan fingerprint density at radius 3 is 1.86 bits per heavy atom. The third-order valence-corrected chi connectivity index (χ3v) is 6.72. The summed E-state index contributed by atoms with van der Waals surface area (Å²) < 4.78 is 6.37. The minimum atomic E-state index is 0.359. The predicted octanol–water partition coefficient (Wildman–Crippen LogP) is 8.10. The fourth-order valence-electron chi connectivity index (χ4n) is 4.58. The van der Waals surface area contributed by atoms with Crippen LogP contribution in [0, 0.1) is 20.8 Å². The highest BCUT2D eigenvalue weighted by Crippen LogP contribution is 2.41. The zero-order valence-electron chi connectivity index (χ0n) is 19.0. The molecule has 1 heterocycles. The van der Waals surface area contributed by atoms with Gasteiger partial charge in [0.1, 0.15) is 11.5 Å². The number of unbranched alkanes of at least 4 members (excludes halogenated alkanes) is 11. The molecule has 1 aliphatic heterocycles. The average molecular weight is 389 g/mol. The van der Waals surface area contributed by atoms with E-state index in [9.17, 15) is 5.11 Å². The second-order valence-corrected chi connectivity index (χ2v) is 8.99. The van der Waals surface area contributed by atoms with Crippen LogP contribution in [0.3, 0.4) is 0 Å². The molecule has 0 saturated heterocycles. The van der Waals surface area contributed by atoms with Gasteiger partial charge in [0.15, 0.2) is 0 Å². The van der Waals surface area contributed by atoms with Crippen LogP contribution in [-0.4, -0.2) is 11.2 Å². The highest BCUT2D eigenvalue weighted by Gasteiger charge is 2.25. The molecule has 0 aromatic heterocycles. The summed E-state index contributed by atoms with van der Waals surface area (Å²) in [5.74, 6) is 1.52. The van der Waals surface area contributed by atoms with Crippen molar-refractivity contribution in [2.24, 2.45) is 0 Å². The molecule has 0 fully saturated rings. The van der Waals surface area contributed by atoms with Crippen molar-refractivity contribution in [1.29, 1.82) is 0 Å². The molecule has 0 saturated carbocycles. The predicted molar refractivity (Wildman–Crippen MR) is 121 cm³/mol. The van der Waals surface area contributed by atoms with Gasteiger partial charge in [-0.15, -0.1) is 0 Å². The number of ether oxygens (including phenoxy) is 1.